The summed E-state index contributed by atoms with van der Waals surface area (Å²) in [6.07, 6.45) is 0. The molecule has 0 atom stereocenters. The van der Waals surface area contributed by atoms with E-state index >= 15 is 0 Å². The minimum atomic E-state index is -4.99. The third-order valence-electron chi connectivity index (χ3n) is 1.57. The first-order valence-corrected chi connectivity index (χ1v) is 3.51. The Labute approximate surface area is 72.6 Å². The van der Waals surface area contributed by atoms with Crippen LogP contribution in [0.5, 0.6) is 0 Å². The van der Waals surface area contributed by atoms with E-state index < -0.39 is 18.3 Å². The highest BCUT2D eigenvalue weighted by atomic mass is 19.4. The van der Waals surface area contributed by atoms with E-state index in [4.69, 9.17) is 5.73 Å². The van der Waals surface area contributed by atoms with Gasteiger partial charge in [0.05, 0.1) is 0 Å². The zero-order chi connectivity index (χ0) is 10.1. The summed E-state index contributed by atoms with van der Waals surface area (Å²) in [5.41, 5.74) is 4.20. The fourth-order valence-electron chi connectivity index (χ4n) is 0.866. The first-order valence-electron chi connectivity index (χ1n) is 3.51. The zero-order valence-corrected chi connectivity index (χ0v) is 6.51. The standard InChI is InChI=1S/C7H6BF3NO/c9-8(10,11)6-3-1-5(2-4-6)7(12)13/h1-4H,(H2,12,13)/q-1. The van der Waals surface area contributed by atoms with Gasteiger partial charge in [0.1, 0.15) is 0 Å². The molecular weight excluding hydrogens is 182 g/mol. The zero-order valence-electron chi connectivity index (χ0n) is 6.51. The number of rotatable bonds is 2. The van der Waals surface area contributed by atoms with E-state index in [1.165, 1.54) is 0 Å². The summed E-state index contributed by atoms with van der Waals surface area (Å²) in [5.74, 6) is -0.735. The number of nitrogens with two attached hydrogens (primary N) is 1. The lowest BCUT2D eigenvalue weighted by atomic mass is 9.80. The summed E-state index contributed by atoms with van der Waals surface area (Å²) in [6, 6.07) is 3.82. The number of carbonyl (C=O) groups excluding carboxylic acids is 1. The molecule has 2 nitrogen and oxygen atoms in total. The highest BCUT2D eigenvalue weighted by Gasteiger charge is 2.24. The SMILES string of the molecule is NC(=O)c1ccc([B-](F)(F)F)cc1. The third-order valence-corrected chi connectivity index (χ3v) is 1.57. The number of amides is 1. The molecule has 13 heavy (non-hydrogen) atoms. The Morgan fingerprint density at radius 3 is 1.92 bits per heavy atom. The van der Waals surface area contributed by atoms with Crippen LogP contribution in [0.15, 0.2) is 24.3 Å². The molecule has 70 valence electrons. The van der Waals surface area contributed by atoms with Gasteiger partial charge in [-0.3, -0.25) is 4.79 Å². The molecule has 0 fully saturated rings. The molecule has 0 heterocycles. The van der Waals surface area contributed by atoms with E-state index in [0.29, 0.717) is 0 Å². The minimum absolute atomic E-state index is 0.0730. The Hall–Kier alpha value is -1.46. The molecule has 1 aromatic rings. The van der Waals surface area contributed by atoms with Crippen LogP contribution < -0.4 is 11.2 Å². The van der Waals surface area contributed by atoms with Crippen LogP contribution in [0.3, 0.4) is 0 Å². The summed E-state index contributed by atoms with van der Waals surface area (Å²) in [7, 11) is 0. The molecule has 1 aromatic carbocycles. The average Bonchev–Trinajstić information content (AvgIpc) is 2.03. The predicted molar refractivity (Wildman–Crippen MR) is 43.7 cm³/mol. The first-order chi connectivity index (χ1) is 5.91. The molecule has 0 aromatic heterocycles. The molecule has 0 radical (unpaired) electrons. The van der Waals surface area contributed by atoms with Gasteiger partial charge in [-0.25, -0.2) is 0 Å². The van der Waals surface area contributed by atoms with E-state index in [-0.39, 0.29) is 5.56 Å². The van der Waals surface area contributed by atoms with Crippen LogP contribution in [0.1, 0.15) is 10.4 Å². The van der Waals surface area contributed by atoms with E-state index in [1.807, 2.05) is 0 Å². The van der Waals surface area contributed by atoms with E-state index in [9.17, 15) is 17.7 Å². The van der Waals surface area contributed by atoms with E-state index in [1.54, 1.807) is 0 Å². The van der Waals surface area contributed by atoms with Crippen LogP contribution in [-0.4, -0.2) is 12.9 Å². The van der Waals surface area contributed by atoms with Gasteiger partial charge in [0.2, 0.25) is 5.91 Å². The van der Waals surface area contributed by atoms with Gasteiger partial charge in [-0.15, -0.1) is 5.46 Å². The van der Waals surface area contributed by atoms with Crippen molar-refractivity contribution >= 4 is 18.3 Å². The van der Waals surface area contributed by atoms with Crippen LogP contribution in [-0.2, 0) is 0 Å². The molecule has 0 aliphatic rings. The number of carbonyl (C=O) groups is 1. The molecular formula is C7H6BF3NO-. The Balaban J connectivity index is 3.01. The Morgan fingerprint density at radius 1 is 1.15 bits per heavy atom. The van der Waals surface area contributed by atoms with Gasteiger partial charge in [0, 0.05) is 5.56 Å². The van der Waals surface area contributed by atoms with Crippen LogP contribution in [0, 0.1) is 0 Å². The number of halogens is 3. The topological polar surface area (TPSA) is 43.1 Å². The van der Waals surface area contributed by atoms with E-state index in [2.05, 4.69) is 0 Å². The number of benzene rings is 1. The molecule has 0 bridgehead atoms. The summed E-state index contributed by atoms with van der Waals surface area (Å²) in [6.45, 7) is -4.99. The Kier molecular flexibility index (Phi) is 2.31. The molecule has 0 spiro atoms. The molecule has 0 aliphatic carbocycles. The molecule has 0 aliphatic heterocycles. The van der Waals surface area contributed by atoms with Gasteiger partial charge in [-0.05, 0) is 0 Å². The lowest BCUT2D eigenvalue weighted by Gasteiger charge is -2.14. The normalized spacial score (nSPS) is 11.3. The lowest BCUT2D eigenvalue weighted by Crippen LogP contribution is -2.33. The molecule has 1 rings (SSSR count). The van der Waals surface area contributed by atoms with Gasteiger partial charge in [-0.2, -0.15) is 0 Å². The van der Waals surface area contributed by atoms with Crippen molar-refractivity contribution in [3.05, 3.63) is 29.8 Å². The summed E-state index contributed by atoms with van der Waals surface area (Å²) >= 11 is 0. The third kappa shape index (κ3) is 2.24. The maximum Gasteiger partial charge on any atom is 0.509 e. The second-order valence-corrected chi connectivity index (χ2v) is 2.56. The van der Waals surface area contributed by atoms with Crippen molar-refractivity contribution in [2.75, 3.05) is 0 Å². The van der Waals surface area contributed by atoms with Crippen LogP contribution in [0.4, 0.5) is 12.9 Å². The molecule has 0 saturated heterocycles. The molecule has 0 saturated carbocycles. The highest BCUT2D eigenvalue weighted by molar-refractivity contribution is 6.73. The molecule has 1 amide bonds. The van der Waals surface area contributed by atoms with Crippen LogP contribution >= 0.6 is 0 Å². The maximum absolute atomic E-state index is 12.1. The molecule has 6 heteroatoms. The van der Waals surface area contributed by atoms with Crippen LogP contribution in [0.25, 0.3) is 0 Å². The fraction of sp³-hybridized carbons (Fsp3) is 0. The van der Waals surface area contributed by atoms with Gasteiger partial charge < -0.3 is 18.7 Å². The van der Waals surface area contributed by atoms with Crippen LogP contribution in [0.2, 0.25) is 0 Å². The monoisotopic (exact) mass is 188 g/mol. The smallest absolute Gasteiger partial charge is 0.445 e. The minimum Gasteiger partial charge on any atom is -0.445 e. The maximum atomic E-state index is 12.1. The van der Waals surface area contributed by atoms with Gasteiger partial charge in [-0.1, -0.05) is 24.3 Å². The number of primary amides is 1. The van der Waals surface area contributed by atoms with Crippen molar-refractivity contribution in [2.45, 2.75) is 0 Å². The van der Waals surface area contributed by atoms with Gasteiger partial charge >= 0.3 is 6.98 Å². The van der Waals surface area contributed by atoms with Crippen molar-refractivity contribution in [3.63, 3.8) is 0 Å². The van der Waals surface area contributed by atoms with Crippen molar-refractivity contribution < 1.29 is 17.7 Å². The van der Waals surface area contributed by atoms with Crippen molar-refractivity contribution in [3.8, 4) is 0 Å². The average molecular weight is 188 g/mol. The largest absolute Gasteiger partial charge is 0.509 e. The first kappa shape index (κ1) is 9.63. The summed E-state index contributed by atoms with van der Waals surface area (Å²) < 4.78 is 36.2. The molecule has 2 N–H and O–H groups in total. The Morgan fingerprint density at radius 2 is 1.62 bits per heavy atom. The van der Waals surface area contributed by atoms with Gasteiger partial charge in [0.15, 0.2) is 0 Å². The number of hydrogen-bond acceptors (Lipinski definition) is 1. The second-order valence-electron chi connectivity index (χ2n) is 2.56. The van der Waals surface area contributed by atoms with E-state index in [0.717, 1.165) is 24.3 Å². The van der Waals surface area contributed by atoms with Crippen molar-refractivity contribution in [1.82, 2.24) is 0 Å². The molecule has 0 unspecified atom stereocenters. The van der Waals surface area contributed by atoms with Crippen molar-refractivity contribution in [2.24, 2.45) is 5.73 Å². The lowest BCUT2D eigenvalue weighted by molar-refractivity contribution is 0.100. The summed E-state index contributed by atoms with van der Waals surface area (Å²) in [4.78, 5) is 10.5. The van der Waals surface area contributed by atoms with Crippen molar-refractivity contribution in [1.29, 1.82) is 0 Å². The Bertz CT molecular complexity index is 320. The summed E-state index contributed by atoms with van der Waals surface area (Å²) in [5, 5.41) is 0. The number of hydrogen-bond donors (Lipinski definition) is 1. The highest BCUT2D eigenvalue weighted by Crippen LogP contribution is 2.09. The fourth-order valence-corrected chi connectivity index (χ4v) is 0.866. The second kappa shape index (κ2) is 3.12. The quantitative estimate of drug-likeness (QED) is 0.686. The predicted octanol–water partition coefficient (Wildman–Crippen LogP) is 0.840. The van der Waals surface area contributed by atoms with Gasteiger partial charge in [0.25, 0.3) is 0 Å².